The predicted molar refractivity (Wildman–Crippen MR) is 125 cm³/mol. The van der Waals surface area contributed by atoms with Crippen molar-refractivity contribution in [1.29, 1.82) is 0 Å². The number of likely N-dealkylation sites (tertiary alicyclic amines) is 1. The summed E-state index contributed by atoms with van der Waals surface area (Å²) in [6, 6.07) is 7.97. The van der Waals surface area contributed by atoms with E-state index in [0.717, 1.165) is 30.1 Å². The van der Waals surface area contributed by atoms with E-state index in [1.807, 2.05) is 24.3 Å². The second kappa shape index (κ2) is 11.7. The van der Waals surface area contributed by atoms with Gasteiger partial charge in [0.05, 0.1) is 6.54 Å². The minimum atomic E-state index is -4.16. The number of nitrogens with zero attached hydrogens (tertiary/aromatic N) is 5. The first-order valence-electron chi connectivity index (χ1n) is 10.1. The van der Waals surface area contributed by atoms with Crippen molar-refractivity contribution in [2.75, 3.05) is 39.8 Å². The van der Waals surface area contributed by atoms with Crippen LogP contribution in [0, 0.1) is 5.92 Å². The molecule has 1 aromatic carbocycles. The maximum Gasteiger partial charge on any atom is 0.401 e. The van der Waals surface area contributed by atoms with Gasteiger partial charge in [0.2, 0.25) is 0 Å². The topological polar surface area (TPSA) is 72.4 Å². The third kappa shape index (κ3) is 7.63. The van der Waals surface area contributed by atoms with E-state index < -0.39 is 12.7 Å². The number of aliphatic imine (C=N–C) groups is 1. The lowest BCUT2D eigenvalue weighted by atomic mass is 10.1. The van der Waals surface area contributed by atoms with Gasteiger partial charge in [-0.25, -0.2) is 4.98 Å². The van der Waals surface area contributed by atoms with Crippen LogP contribution < -0.4 is 5.32 Å². The maximum absolute atomic E-state index is 12.7. The van der Waals surface area contributed by atoms with Gasteiger partial charge in [0.15, 0.2) is 11.8 Å². The zero-order valence-electron chi connectivity index (χ0n) is 17.7. The van der Waals surface area contributed by atoms with E-state index in [2.05, 4.69) is 30.4 Å². The molecule has 0 amide bonds. The average molecular weight is 551 g/mol. The first-order chi connectivity index (χ1) is 14.4. The first-order valence-corrected chi connectivity index (χ1v) is 10.1. The quantitative estimate of drug-likeness (QED) is 0.314. The molecule has 0 spiro atoms. The van der Waals surface area contributed by atoms with Crippen molar-refractivity contribution in [2.24, 2.45) is 10.9 Å². The Morgan fingerprint density at radius 3 is 2.84 bits per heavy atom. The molecule has 0 saturated carbocycles. The zero-order chi connectivity index (χ0) is 21.6. The fraction of sp³-hybridized carbons (Fsp3) is 0.550. The van der Waals surface area contributed by atoms with Crippen LogP contribution in [0.2, 0.25) is 0 Å². The Kier molecular flexibility index (Phi) is 9.54. The van der Waals surface area contributed by atoms with Crippen LogP contribution in [0.25, 0.3) is 11.4 Å². The van der Waals surface area contributed by atoms with Crippen molar-refractivity contribution in [3.8, 4) is 11.4 Å². The molecule has 2 heterocycles. The van der Waals surface area contributed by atoms with Crippen molar-refractivity contribution >= 4 is 29.9 Å². The van der Waals surface area contributed by atoms with Gasteiger partial charge in [0.1, 0.15) is 6.33 Å². The van der Waals surface area contributed by atoms with E-state index in [0.29, 0.717) is 32.0 Å². The van der Waals surface area contributed by atoms with Crippen LogP contribution in [0.15, 0.2) is 35.6 Å². The van der Waals surface area contributed by atoms with Crippen LogP contribution in [0.5, 0.6) is 0 Å². The zero-order valence-corrected chi connectivity index (χ0v) is 20.0. The number of halogens is 4. The molecule has 1 aliphatic rings. The van der Waals surface area contributed by atoms with Gasteiger partial charge in [-0.05, 0) is 30.5 Å². The Hall–Kier alpha value is -1.89. The standard InChI is InChI=1S/C20H28F3N7.HI/c1-3-29(13-20(21,22)23)11-16-7-8-30(12-16)19(24-2)25-10-15-5-4-6-17(9-15)18-26-14-27-28-18;/h4-6,9,14,16H,3,7-8,10-13H2,1-2H3,(H,24,25)(H,26,27,28);1H. The highest BCUT2D eigenvalue weighted by Crippen LogP contribution is 2.21. The fourth-order valence-corrected chi connectivity index (χ4v) is 3.78. The number of aromatic nitrogens is 3. The van der Waals surface area contributed by atoms with Crippen LogP contribution in [0.1, 0.15) is 18.9 Å². The number of rotatable bonds is 7. The summed E-state index contributed by atoms with van der Waals surface area (Å²) in [4.78, 5) is 12.1. The van der Waals surface area contributed by atoms with E-state index in [-0.39, 0.29) is 29.9 Å². The van der Waals surface area contributed by atoms with Crippen molar-refractivity contribution in [1.82, 2.24) is 30.3 Å². The number of aromatic amines is 1. The van der Waals surface area contributed by atoms with Gasteiger partial charge in [-0.15, -0.1) is 24.0 Å². The number of hydrogen-bond donors (Lipinski definition) is 2. The predicted octanol–water partition coefficient (Wildman–Crippen LogP) is 3.37. The van der Waals surface area contributed by atoms with Gasteiger partial charge in [0, 0.05) is 38.8 Å². The van der Waals surface area contributed by atoms with Gasteiger partial charge < -0.3 is 10.2 Å². The second-order valence-electron chi connectivity index (χ2n) is 7.48. The number of guanidine groups is 1. The minimum Gasteiger partial charge on any atom is -0.352 e. The van der Waals surface area contributed by atoms with Gasteiger partial charge in [-0.3, -0.25) is 15.0 Å². The Morgan fingerprint density at radius 1 is 1.39 bits per heavy atom. The second-order valence-corrected chi connectivity index (χ2v) is 7.48. The van der Waals surface area contributed by atoms with Gasteiger partial charge >= 0.3 is 6.18 Å². The number of H-pyrrole nitrogens is 1. The monoisotopic (exact) mass is 551 g/mol. The van der Waals surface area contributed by atoms with E-state index >= 15 is 0 Å². The number of alkyl halides is 3. The molecule has 2 N–H and O–H groups in total. The molecule has 1 unspecified atom stereocenters. The smallest absolute Gasteiger partial charge is 0.352 e. The van der Waals surface area contributed by atoms with E-state index in [1.54, 1.807) is 14.0 Å². The van der Waals surface area contributed by atoms with Crippen LogP contribution >= 0.6 is 24.0 Å². The van der Waals surface area contributed by atoms with Gasteiger partial charge in [-0.2, -0.15) is 18.3 Å². The molecule has 0 aliphatic carbocycles. The highest BCUT2D eigenvalue weighted by Gasteiger charge is 2.33. The highest BCUT2D eigenvalue weighted by molar-refractivity contribution is 14.0. The Balaban J connectivity index is 0.00000341. The Labute approximate surface area is 197 Å². The summed E-state index contributed by atoms with van der Waals surface area (Å²) in [5.74, 6) is 1.67. The number of hydrogen-bond acceptors (Lipinski definition) is 4. The van der Waals surface area contributed by atoms with Crippen molar-refractivity contribution < 1.29 is 13.2 Å². The summed E-state index contributed by atoms with van der Waals surface area (Å²) >= 11 is 0. The molecule has 1 aliphatic heterocycles. The van der Waals surface area contributed by atoms with E-state index in [4.69, 9.17) is 0 Å². The van der Waals surface area contributed by atoms with Crippen molar-refractivity contribution in [3.05, 3.63) is 36.2 Å². The molecular weight excluding hydrogens is 522 g/mol. The van der Waals surface area contributed by atoms with Crippen LogP contribution in [0.4, 0.5) is 13.2 Å². The van der Waals surface area contributed by atoms with Crippen LogP contribution in [-0.4, -0.2) is 76.9 Å². The molecule has 1 aromatic heterocycles. The van der Waals surface area contributed by atoms with Crippen LogP contribution in [0.3, 0.4) is 0 Å². The molecule has 11 heteroatoms. The van der Waals surface area contributed by atoms with E-state index in [9.17, 15) is 13.2 Å². The van der Waals surface area contributed by atoms with Gasteiger partial charge in [0.25, 0.3) is 0 Å². The minimum absolute atomic E-state index is 0. The summed E-state index contributed by atoms with van der Waals surface area (Å²) in [7, 11) is 1.72. The van der Waals surface area contributed by atoms with Crippen molar-refractivity contribution in [2.45, 2.75) is 26.1 Å². The summed E-state index contributed by atoms with van der Waals surface area (Å²) < 4.78 is 38.1. The Morgan fingerprint density at radius 2 is 2.19 bits per heavy atom. The number of benzene rings is 1. The average Bonchev–Trinajstić information content (AvgIpc) is 3.40. The van der Waals surface area contributed by atoms with Crippen molar-refractivity contribution in [3.63, 3.8) is 0 Å². The number of nitrogens with one attached hydrogen (secondary N) is 2. The normalized spacial score (nSPS) is 17.2. The van der Waals surface area contributed by atoms with Crippen LogP contribution in [-0.2, 0) is 6.54 Å². The third-order valence-corrected chi connectivity index (χ3v) is 5.23. The van der Waals surface area contributed by atoms with E-state index in [1.165, 1.54) is 11.2 Å². The molecule has 1 atom stereocenters. The Bertz CT molecular complexity index is 826. The molecule has 1 saturated heterocycles. The lowest BCUT2D eigenvalue weighted by molar-refractivity contribution is -0.146. The molecule has 0 radical (unpaired) electrons. The molecular formula is C20H29F3IN7. The molecule has 2 aromatic rings. The lowest BCUT2D eigenvalue weighted by Gasteiger charge is -2.26. The molecule has 1 fully saturated rings. The first kappa shape index (κ1) is 25.4. The fourth-order valence-electron chi connectivity index (χ4n) is 3.78. The molecule has 172 valence electrons. The summed E-state index contributed by atoms with van der Waals surface area (Å²) in [5.41, 5.74) is 2.02. The summed E-state index contributed by atoms with van der Waals surface area (Å²) in [5, 5.41) is 10.1. The summed E-state index contributed by atoms with van der Waals surface area (Å²) in [6.45, 7) is 3.83. The lowest BCUT2D eigenvalue weighted by Crippen LogP contribution is -2.41. The molecule has 31 heavy (non-hydrogen) atoms. The largest absolute Gasteiger partial charge is 0.401 e. The molecule has 0 bridgehead atoms. The molecule has 3 rings (SSSR count). The summed E-state index contributed by atoms with van der Waals surface area (Å²) in [6.07, 6.45) is -1.83. The third-order valence-electron chi connectivity index (χ3n) is 5.23. The molecule has 7 nitrogen and oxygen atoms in total. The van der Waals surface area contributed by atoms with Gasteiger partial charge in [-0.1, -0.05) is 25.1 Å². The SMILES string of the molecule is CCN(CC1CCN(C(=NC)NCc2cccc(-c3ncn[nH]3)c2)C1)CC(F)(F)F.I. The maximum atomic E-state index is 12.7. The highest BCUT2D eigenvalue weighted by atomic mass is 127.